The standard InChI is InChI=1S/C29H40N4O7S/c1-29(2,21-34)26(36)28(38)30-14-13-25(35)27(37)31-19-22-9-11-24(12-10-22)41(39,40)32-15-17-33(3,18-16-32)20-23-7-5-4-6-8-23/h4-12,26,34,36H,13-21H2,1-3H3,(H-,30,31,37,38)/p+1/t26-/m0/s1. The van der Waals surface area contributed by atoms with Crippen LogP contribution in [0, 0.1) is 5.41 Å². The predicted octanol–water partition coefficient (Wildman–Crippen LogP) is 0.409. The first-order valence-corrected chi connectivity index (χ1v) is 15.1. The van der Waals surface area contributed by atoms with Crippen molar-refractivity contribution >= 4 is 27.6 Å². The number of hydrogen-bond acceptors (Lipinski definition) is 7. The lowest BCUT2D eigenvalue weighted by molar-refractivity contribution is -0.925. The van der Waals surface area contributed by atoms with Crippen LogP contribution in [0.2, 0.25) is 0 Å². The van der Waals surface area contributed by atoms with Crippen LogP contribution in [0.3, 0.4) is 0 Å². The van der Waals surface area contributed by atoms with Gasteiger partial charge in [-0.2, -0.15) is 4.31 Å². The van der Waals surface area contributed by atoms with Gasteiger partial charge in [0.15, 0.2) is 0 Å². The minimum atomic E-state index is -3.67. The number of nitrogens with zero attached hydrogens (tertiary/aromatic N) is 2. The zero-order valence-electron chi connectivity index (χ0n) is 23.9. The van der Waals surface area contributed by atoms with Gasteiger partial charge in [0.1, 0.15) is 12.6 Å². The zero-order valence-corrected chi connectivity index (χ0v) is 24.7. The number of aliphatic hydroxyl groups excluding tert-OH is 2. The molecule has 1 aliphatic rings. The number of piperazine rings is 1. The Kier molecular flexibility index (Phi) is 10.8. The fraction of sp³-hybridized carbons (Fsp3) is 0.483. The summed E-state index contributed by atoms with van der Waals surface area (Å²) in [6, 6.07) is 16.4. The Balaban J connectivity index is 1.45. The molecule has 2 aromatic rings. The molecule has 0 unspecified atom stereocenters. The highest BCUT2D eigenvalue weighted by molar-refractivity contribution is 7.89. The summed E-state index contributed by atoms with van der Waals surface area (Å²) in [5.41, 5.74) is 0.802. The van der Waals surface area contributed by atoms with Crippen molar-refractivity contribution in [2.45, 2.75) is 44.4 Å². The lowest BCUT2D eigenvalue weighted by Crippen LogP contribution is -2.57. The number of carbonyl (C=O) groups excluding carboxylic acids is 3. The largest absolute Gasteiger partial charge is 0.396 e. The van der Waals surface area contributed by atoms with Crippen LogP contribution in [-0.4, -0.2) is 97.5 Å². The fourth-order valence-electron chi connectivity index (χ4n) is 4.51. The van der Waals surface area contributed by atoms with E-state index in [-0.39, 0.29) is 24.4 Å². The van der Waals surface area contributed by atoms with E-state index in [1.807, 2.05) is 18.2 Å². The van der Waals surface area contributed by atoms with Crippen LogP contribution in [0.5, 0.6) is 0 Å². The average molecular weight is 590 g/mol. The van der Waals surface area contributed by atoms with Crippen LogP contribution in [0.15, 0.2) is 59.5 Å². The Bertz CT molecular complexity index is 1310. The van der Waals surface area contributed by atoms with Gasteiger partial charge in [-0.25, -0.2) is 8.42 Å². The first-order valence-electron chi connectivity index (χ1n) is 13.6. The Morgan fingerprint density at radius 3 is 2.17 bits per heavy atom. The van der Waals surface area contributed by atoms with Gasteiger partial charge in [-0.3, -0.25) is 14.4 Å². The Labute approximate surface area is 241 Å². The second-order valence-electron chi connectivity index (χ2n) is 11.5. The molecule has 0 aliphatic carbocycles. The van der Waals surface area contributed by atoms with Crippen molar-refractivity contribution in [3.8, 4) is 0 Å². The molecule has 11 nitrogen and oxygen atoms in total. The molecule has 0 saturated carbocycles. The highest BCUT2D eigenvalue weighted by Crippen LogP contribution is 2.22. The lowest BCUT2D eigenvalue weighted by atomic mass is 9.87. The van der Waals surface area contributed by atoms with Crippen LogP contribution in [0.25, 0.3) is 0 Å². The molecule has 1 aliphatic heterocycles. The first-order chi connectivity index (χ1) is 19.3. The molecular weight excluding hydrogens is 548 g/mol. The van der Waals surface area contributed by atoms with Gasteiger partial charge in [-0.05, 0) is 17.7 Å². The summed E-state index contributed by atoms with van der Waals surface area (Å²) in [5.74, 6) is -2.32. The maximum atomic E-state index is 13.2. The molecule has 2 aromatic carbocycles. The van der Waals surface area contributed by atoms with Crippen molar-refractivity contribution in [3.05, 3.63) is 65.7 Å². The molecular formula is C29H41N4O7S+. The molecule has 224 valence electrons. The number of carbonyl (C=O) groups is 3. The molecule has 1 fully saturated rings. The molecule has 2 amide bonds. The summed E-state index contributed by atoms with van der Waals surface area (Å²) in [6.45, 7) is 5.63. The normalized spacial score (nSPS) is 16.5. The average Bonchev–Trinajstić information content (AvgIpc) is 2.96. The number of hydrogen-bond donors (Lipinski definition) is 4. The Morgan fingerprint density at radius 1 is 0.976 bits per heavy atom. The lowest BCUT2D eigenvalue weighted by Gasteiger charge is -2.41. The van der Waals surface area contributed by atoms with Crippen molar-refractivity contribution in [2.24, 2.45) is 5.41 Å². The van der Waals surface area contributed by atoms with Crippen molar-refractivity contribution in [2.75, 3.05) is 46.4 Å². The number of amides is 2. The molecule has 1 saturated heterocycles. The predicted molar refractivity (Wildman–Crippen MR) is 153 cm³/mol. The highest BCUT2D eigenvalue weighted by atomic mass is 32.2. The minimum absolute atomic E-state index is 0.0275. The van der Waals surface area contributed by atoms with Gasteiger partial charge < -0.3 is 25.3 Å². The second kappa shape index (κ2) is 13.7. The van der Waals surface area contributed by atoms with E-state index >= 15 is 0 Å². The topological polar surface area (TPSA) is 153 Å². The molecule has 0 bridgehead atoms. The summed E-state index contributed by atoms with van der Waals surface area (Å²) >= 11 is 0. The summed E-state index contributed by atoms with van der Waals surface area (Å²) in [6.07, 6.45) is -1.72. The van der Waals surface area contributed by atoms with Crippen molar-refractivity contribution < 1.29 is 37.5 Å². The third kappa shape index (κ3) is 8.66. The van der Waals surface area contributed by atoms with Gasteiger partial charge >= 0.3 is 0 Å². The molecule has 0 radical (unpaired) electrons. The third-order valence-electron chi connectivity index (χ3n) is 7.50. The Hall–Kier alpha value is -3.16. The number of aliphatic hydroxyl groups is 2. The summed E-state index contributed by atoms with van der Waals surface area (Å²) < 4.78 is 28.7. The van der Waals surface area contributed by atoms with Gasteiger partial charge in [0, 0.05) is 30.5 Å². The van der Waals surface area contributed by atoms with E-state index in [1.54, 1.807) is 12.1 Å². The third-order valence-corrected chi connectivity index (χ3v) is 9.41. The minimum Gasteiger partial charge on any atom is -0.396 e. The maximum Gasteiger partial charge on any atom is 0.287 e. The molecule has 1 heterocycles. The fourth-order valence-corrected chi connectivity index (χ4v) is 5.93. The summed E-state index contributed by atoms with van der Waals surface area (Å²) in [4.78, 5) is 36.4. The van der Waals surface area contributed by atoms with E-state index in [9.17, 15) is 33.0 Å². The molecule has 41 heavy (non-hydrogen) atoms. The number of rotatable bonds is 13. The summed E-state index contributed by atoms with van der Waals surface area (Å²) in [7, 11) is -1.52. The van der Waals surface area contributed by atoms with E-state index in [4.69, 9.17) is 0 Å². The highest BCUT2D eigenvalue weighted by Gasteiger charge is 2.35. The van der Waals surface area contributed by atoms with Gasteiger partial charge in [0.2, 0.25) is 21.7 Å². The van der Waals surface area contributed by atoms with Gasteiger partial charge in [-0.1, -0.05) is 56.3 Å². The van der Waals surface area contributed by atoms with Crippen LogP contribution < -0.4 is 10.6 Å². The number of quaternary nitrogens is 1. The van der Waals surface area contributed by atoms with E-state index in [2.05, 4.69) is 29.8 Å². The van der Waals surface area contributed by atoms with E-state index < -0.39 is 45.7 Å². The molecule has 12 heteroatoms. The summed E-state index contributed by atoms with van der Waals surface area (Å²) in [5, 5.41) is 24.1. The SMILES string of the molecule is CC(C)(CO)[C@@H](O)C(=O)NCCC(=O)C(=O)NCc1ccc(S(=O)(=O)N2CC[N+](C)(Cc3ccccc3)CC2)cc1. The van der Waals surface area contributed by atoms with E-state index in [0.29, 0.717) is 31.7 Å². The Morgan fingerprint density at radius 2 is 1.59 bits per heavy atom. The number of nitrogens with one attached hydrogen (secondary N) is 2. The molecule has 4 N–H and O–H groups in total. The molecule has 0 aromatic heterocycles. The number of sulfonamides is 1. The second-order valence-corrected chi connectivity index (χ2v) is 13.4. The van der Waals surface area contributed by atoms with E-state index in [1.165, 1.54) is 35.8 Å². The van der Waals surface area contributed by atoms with Gasteiger partial charge in [0.05, 0.1) is 44.7 Å². The number of benzene rings is 2. The number of likely N-dealkylation sites (N-methyl/N-ethyl adjacent to an activating group) is 1. The monoisotopic (exact) mass is 589 g/mol. The molecule has 3 rings (SSSR count). The van der Waals surface area contributed by atoms with Crippen LogP contribution in [0.1, 0.15) is 31.4 Å². The van der Waals surface area contributed by atoms with Crippen molar-refractivity contribution in [1.82, 2.24) is 14.9 Å². The van der Waals surface area contributed by atoms with E-state index in [0.717, 1.165) is 11.0 Å². The zero-order chi connectivity index (χ0) is 30.3. The van der Waals surface area contributed by atoms with Gasteiger partial charge in [0.25, 0.3) is 5.91 Å². The first kappa shape index (κ1) is 32.4. The van der Waals surface area contributed by atoms with Crippen molar-refractivity contribution in [3.63, 3.8) is 0 Å². The van der Waals surface area contributed by atoms with Crippen LogP contribution in [-0.2, 0) is 37.5 Å². The quantitative estimate of drug-likeness (QED) is 0.195. The van der Waals surface area contributed by atoms with Crippen LogP contribution in [0.4, 0.5) is 0 Å². The molecule has 0 spiro atoms. The van der Waals surface area contributed by atoms with Crippen molar-refractivity contribution in [1.29, 1.82) is 0 Å². The number of ketones is 1. The van der Waals surface area contributed by atoms with Crippen LogP contribution >= 0.6 is 0 Å². The molecule has 1 atom stereocenters. The maximum absolute atomic E-state index is 13.2. The van der Waals surface area contributed by atoms with Gasteiger partial charge in [-0.15, -0.1) is 0 Å². The smallest absolute Gasteiger partial charge is 0.287 e. The number of Topliss-reactive ketones (excluding diaryl/α,β-unsaturated/α-hetero) is 1.